The fraction of sp³-hybridized carbons (Fsp3) is 0.556. The number of nitrogens with one attached hydrogen (secondary N) is 1. The molecule has 2 aromatic rings. The van der Waals surface area contributed by atoms with E-state index < -0.39 is 11.2 Å². The van der Waals surface area contributed by atoms with Crippen LogP contribution in [0.5, 0.6) is 0 Å². The van der Waals surface area contributed by atoms with Gasteiger partial charge in [0.2, 0.25) is 10.8 Å². The highest BCUT2D eigenvalue weighted by Gasteiger charge is 2.41. The van der Waals surface area contributed by atoms with Crippen LogP contribution >= 0.6 is 27.3 Å². The van der Waals surface area contributed by atoms with E-state index in [4.69, 9.17) is 9.97 Å². The molecule has 0 radical (unpaired) electrons. The first-order valence-electron chi connectivity index (χ1n) is 9.27. The first-order valence-corrected chi connectivity index (χ1v) is 12.2. The van der Waals surface area contributed by atoms with E-state index in [1.54, 1.807) is 11.3 Å². The molecule has 0 spiro atoms. The van der Waals surface area contributed by atoms with E-state index in [2.05, 4.69) is 32.2 Å². The van der Waals surface area contributed by atoms with Crippen molar-refractivity contribution in [2.75, 3.05) is 29.1 Å². The standard InChI is InChI=1S/C18H21BrN4O2S2/c19-14-8-11-2-6-23(9-13(11)26-14)17-20-12-3-7-27(25)15(12)16(21-17)22-18(10-24)4-1-5-18/h8,24H,1-7,9-10H2,(H,20,21,22)/t27-/m1/s1. The Morgan fingerprint density at radius 3 is 2.96 bits per heavy atom. The summed E-state index contributed by atoms with van der Waals surface area (Å²) in [7, 11) is 0. The Hall–Kier alpha value is -0.870. The van der Waals surface area contributed by atoms with Crippen LogP contribution in [0.1, 0.15) is 35.4 Å². The number of thiophene rings is 1. The molecule has 0 saturated heterocycles. The van der Waals surface area contributed by atoms with E-state index in [-0.39, 0.29) is 12.1 Å². The van der Waals surface area contributed by atoms with Crippen molar-refractivity contribution in [2.24, 2.45) is 0 Å². The van der Waals surface area contributed by atoms with Gasteiger partial charge in [-0.25, -0.2) is 4.98 Å². The minimum atomic E-state index is -1.06. The smallest absolute Gasteiger partial charge is 0.228 e. The Bertz CT molecular complexity index is 881. The summed E-state index contributed by atoms with van der Waals surface area (Å²) >= 11 is 4.29. The van der Waals surface area contributed by atoms with Gasteiger partial charge in [0.05, 0.1) is 22.5 Å². The van der Waals surface area contributed by atoms with Gasteiger partial charge in [-0.3, -0.25) is 0 Å². The largest absolute Gasteiger partial charge is 0.611 e. The summed E-state index contributed by atoms with van der Waals surface area (Å²) in [6.45, 7) is 1.75. The molecule has 9 heteroatoms. The predicted octanol–water partition coefficient (Wildman–Crippen LogP) is 2.85. The van der Waals surface area contributed by atoms with Gasteiger partial charge in [0, 0.05) is 17.8 Å². The van der Waals surface area contributed by atoms with Gasteiger partial charge >= 0.3 is 0 Å². The number of aromatic nitrogens is 2. The van der Waals surface area contributed by atoms with Crippen LogP contribution in [-0.4, -0.2) is 44.1 Å². The third kappa shape index (κ3) is 3.17. The summed E-state index contributed by atoms with van der Waals surface area (Å²) in [5, 5.41) is 13.3. The average Bonchev–Trinajstić information content (AvgIpc) is 3.19. The third-order valence-electron chi connectivity index (χ3n) is 5.81. The average molecular weight is 469 g/mol. The van der Waals surface area contributed by atoms with Gasteiger partial charge in [0.25, 0.3) is 0 Å². The minimum Gasteiger partial charge on any atom is -0.611 e. The molecule has 3 aliphatic rings. The first-order chi connectivity index (χ1) is 13.1. The first kappa shape index (κ1) is 18.2. The minimum absolute atomic E-state index is 0.0735. The molecule has 1 atom stereocenters. The van der Waals surface area contributed by atoms with Crippen LogP contribution in [0.3, 0.4) is 0 Å². The van der Waals surface area contributed by atoms with Crippen LogP contribution in [0.4, 0.5) is 11.8 Å². The number of aryl methyl sites for hydroxylation is 1. The van der Waals surface area contributed by atoms with Crippen molar-refractivity contribution in [3.63, 3.8) is 0 Å². The molecule has 6 nitrogen and oxygen atoms in total. The van der Waals surface area contributed by atoms with Crippen LogP contribution < -0.4 is 10.2 Å². The zero-order valence-electron chi connectivity index (χ0n) is 14.8. The maximum atomic E-state index is 12.5. The lowest BCUT2D eigenvalue weighted by atomic mass is 9.77. The van der Waals surface area contributed by atoms with Gasteiger partial charge in [0.1, 0.15) is 11.4 Å². The second kappa shape index (κ2) is 6.88. The number of aliphatic hydroxyl groups excluding tert-OH is 1. The molecule has 1 saturated carbocycles. The summed E-state index contributed by atoms with van der Waals surface area (Å²) in [5.74, 6) is 1.98. The summed E-state index contributed by atoms with van der Waals surface area (Å²) < 4.78 is 13.7. The number of nitrogens with zero attached hydrogens (tertiary/aromatic N) is 3. The Labute approximate surface area is 173 Å². The number of fused-ring (bicyclic) bond motifs is 2. The Balaban J connectivity index is 1.50. The van der Waals surface area contributed by atoms with Gasteiger partial charge < -0.3 is 19.9 Å². The molecule has 0 amide bonds. The summed E-state index contributed by atoms with van der Waals surface area (Å²) in [6.07, 6.45) is 4.63. The van der Waals surface area contributed by atoms with Gasteiger partial charge in [-0.1, -0.05) is 0 Å². The van der Waals surface area contributed by atoms with Crippen molar-refractivity contribution in [3.8, 4) is 0 Å². The van der Waals surface area contributed by atoms with Gasteiger partial charge in [0.15, 0.2) is 5.82 Å². The highest BCUT2D eigenvalue weighted by Crippen LogP contribution is 2.40. The van der Waals surface area contributed by atoms with Crippen molar-refractivity contribution in [1.82, 2.24) is 9.97 Å². The number of hydrogen-bond donors (Lipinski definition) is 2. The maximum Gasteiger partial charge on any atom is 0.228 e. The van der Waals surface area contributed by atoms with Crippen molar-refractivity contribution < 1.29 is 9.66 Å². The third-order valence-corrected chi connectivity index (χ3v) is 8.93. The molecule has 144 valence electrons. The molecular weight excluding hydrogens is 448 g/mol. The molecule has 0 bridgehead atoms. The molecule has 27 heavy (non-hydrogen) atoms. The highest BCUT2D eigenvalue weighted by molar-refractivity contribution is 9.11. The lowest BCUT2D eigenvalue weighted by molar-refractivity contribution is 0.143. The molecule has 2 aliphatic heterocycles. The van der Waals surface area contributed by atoms with Crippen LogP contribution in [0.2, 0.25) is 0 Å². The SMILES string of the molecule is [O-][S@+]1CCc2nc(N3CCc4cc(Br)sc4C3)nc(NC3(CO)CCC3)c21. The van der Waals surface area contributed by atoms with Gasteiger partial charge in [-0.05, 0) is 64.4 Å². The molecule has 0 unspecified atom stereocenters. The Morgan fingerprint density at radius 2 is 2.22 bits per heavy atom. The highest BCUT2D eigenvalue weighted by atomic mass is 79.9. The second-order valence-electron chi connectivity index (χ2n) is 7.54. The van der Waals surface area contributed by atoms with Crippen LogP contribution in [0.25, 0.3) is 0 Å². The molecule has 1 fully saturated rings. The number of halogens is 1. The second-order valence-corrected chi connectivity index (χ2v) is 11.6. The number of rotatable bonds is 4. The summed E-state index contributed by atoms with van der Waals surface area (Å²) in [5.41, 5.74) is 1.98. The van der Waals surface area contributed by atoms with E-state index in [1.165, 1.54) is 10.4 Å². The quantitative estimate of drug-likeness (QED) is 0.671. The van der Waals surface area contributed by atoms with E-state index >= 15 is 0 Å². The van der Waals surface area contributed by atoms with Crippen LogP contribution in [-0.2, 0) is 30.6 Å². The molecule has 2 N–H and O–H groups in total. The van der Waals surface area contributed by atoms with E-state index in [0.29, 0.717) is 17.5 Å². The lowest BCUT2D eigenvalue weighted by Gasteiger charge is -2.41. The van der Waals surface area contributed by atoms with Crippen molar-refractivity contribution in [3.05, 3.63) is 26.0 Å². The zero-order chi connectivity index (χ0) is 18.6. The molecule has 1 aliphatic carbocycles. The lowest BCUT2D eigenvalue weighted by Crippen LogP contribution is -2.49. The topological polar surface area (TPSA) is 84.3 Å². The molecule has 4 heterocycles. The van der Waals surface area contributed by atoms with Crippen LogP contribution in [0.15, 0.2) is 14.7 Å². The maximum absolute atomic E-state index is 12.5. The van der Waals surface area contributed by atoms with Crippen molar-refractivity contribution >= 4 is 50.2 Å². The Morgan fingerprint density at radius 1 is 1.37 bits per heavy atom. The zero-order valence-corrected chi connectivity index (χ0v) is 18.1. The number of hydrogen-bond acceptors (Lipinski definition) is 7. The van der Waals surface area contributed by atoms with E-state index in [9.17, 15) is 9.66 Å². The molecular formula is C18H21BrN4O2S2. The van der Waals surface area contributed by atoms with E-state index in [1.807, 2.05) is 0 Å². The molecule has 2 aromatic heterocycles. The predicted molar refractivity (Wildman–Crippen MR) is 111 cm³/mol. The van der Waals surface area contributed by atoms with Gasteiger partial charge in [-0.2, -0.15) is 4.98 Å². The summed E-state index contributed by atoms with van der Waals surface area (Å²) in [6, 6.07) is 2.21. The Kier molecular flexibility index (Phi) is 4.63. The number of anilines is 2. The monoisotopic (exact) mass is 468 g/mol. The van der Waals surface area contributed by atoms with Crippen molar-refractivity contribution in [2.45, 2.75) is 49.1 Å². The molecule has 0 aromatic carbocycles. The van der Waals surface area contributed by atoms with Crippen molar-refractivity contribution in [1.29, 1.82) is 0 Å². The van der Waals surface area contributed by atoms with E-state index in [0.717, 1.165) is 59.6 Å². The fourth-order valence-corrected chi connectivity index (χ4v) is 7.16. The van der Waals surface area contributed by atoms with Crippen LogP contribution in [0, 0.1) is 0 Å². The fourth-order valence-electron chi connectivity index (χ4n) is 4.04. The van der Waals surface area contributed by atoms with Gasteiger partial charge in [-0.15, -0.1) is 11.3 Å². The summed E-state index contributed by atoms with van der Waals surface area (Å²) in [4.78, 5) is 13.9. The number of aliphatic hydroxyl groups is 1. The molecule has 5 rings (SSSR count). The normalized spacial score (nSPS) is 22.9.